The van der Waals surface area contributed by atoms with E-state index < -0.39 is 0 Å². The molecule has 0 aliphatic heterocycles. The zero-order valence-electron chi connectivity index (χ0n) is 6.66. The molecule has 1 rings (SSSR count). The van der Waals surface area contributed by atoms with Crippen LogP contribution in [0.25, 0.3) is 0 Å². The highest BCUT2D eigenvalue weighted by atomic mass is 16.2. The molecule has 1 aromatic heterocycles. The number of aryl methyl sites for hydroxylation is 1. The van der Waals surface area contributed by atoms with Crippen LogP contribution in [0.3, 0.4) is 0 Å². The summed E-state index contributed by atoms with van der Waals surface area (Å²) in [4.78, 5) is 14.7. The van der Waals surface area contributed by atoms with Gasteiger partial charge in [-0.15, -0.1) is 0 Å². The normalized spacial score (nSPS) is 9.42. The molecule has 64 valence electrons. The summed E-state index contributed by atoms with van der Waals surface area (Å²) in [7, 11) is 0. The molecule has 1 amide bonds. The molecule has 0 radical (unpaired) electrons. The molecular weight excluding hydrogens is 154 g/mol. The van der Waals surface area contributed by atoms with Crippen molar-refractivity contribution in [2.45, 2.75) is 12.8 Å². The van der Waals surface area contributed by atoms with E-state index in [2.05, 4.69) is 10.4 Å². The number of amides is 1. The molecule has 0 aromatic carbocycles. The molecule has 0 aliphatic carbocycles. The van der Waals surface area contributed by atoms with Crippen molar-refractivity contribution >= 4 is 5.91 Å². The van der Waals surface area contributed by atoms with Crippen LogP contribution in [0.15, 0.2) is 24.5 Å². The van der Waals surface area contributed by atoms with Crippen LogP contribution in [-0.2, 0) is 11.2 Å². The van der Waals surface area contributed by atoms with E-state index in [1.54, 1.807) is 12.4 Å². The molecule has 0 saturated heterocycles. The van der Waals surface area contributed by atoms with Gasteiger partial charge in [0.2, 0.25) is 5.91 Å². The van der Waals surface area contributed by atoms with E-state index in [9.17, 15) is 4.79 Å². The molecule has 1 heterocycles. The van der Waals surface area contributed by atoms with Gasteiger partial charge in [-0.1, -0.05) is 6.07 Å². The number of pyridine rings is 1. The highest BCUT2D eigenvalue weighted by Crippen LogP contribution is 1.99. The van der Waals surface area contributed by atoms with Crippen LogP contribution in [0.4, 0.5) is 0 Å². The van der Waals surface area contributed by atoms with Crippen LogP contribution in [0.2, 0.25) is 0 Å². The number of carbonyl (C=O) groups is 1. The lowest BCUT2D eigenvalue weighted by Gasteiger charge is -1.98. The van der Waals surface area contributed by atoms with E-state index >= 15 is 0 Å². The summed E-state index contributed by atoms with van der Waals surface area (Å²) in [5.41, 5.74) is 3.12. The maximum Gasteiger partial charge on any atom is 0.234 e. The number of hydrogen-bond donors (Lipinski definition) is 2. The molecule has 0 fully saturated rings. The maximum absolute atomic E-state index is 10.7. The third kappa shape index (κ3) is 2.67. The smallest absolute Gasteiger partial charge is 0.234 e. The highest BCUT2D eigenvalue weighted by Gasteiger charge is 1.98. The number of aromatic nitrogens is 1. The van der Waals surface area contributed by atoms with E-state index in [0.717, 1.165) is 5.56 Å². The number of hydrogen-bond acceptors (Lipinski definition) is 3. The van der Waals surface area contributed by atoms with Crippen LogP contribution in [0, 0.1) is 0 Å². The number of nitrogens with zero attached hydrogens (tertiary/aromatic N) is 1. The van der Waals surface area contributed by atoms with Crippen molar-refractivity contribution < 1.29 is 4.79 Å². The molecule has 0 atom stereocenters. The number of nitrogens with two attached hydrogens (primary N) is 1. The molecular formula is C8H11N3O. The van der Waals surface area contributed by atoms with Crippen LogP contribution in [0.1, 0.15) is 12.0 Å². The summed E-state index contributed by atoms with van der Waals surface area (Å²) in [6, 6.07) is 3.77. The summed E-state index contributed by atoms with van der Waals surface area (Å²) < 4.78 is 0. The first kappa shape index (κ1) is 8.67. The predicted octanol–water partition coefficient (Wildman–Crippen LogP) is 0.00410. The lowest BCUT2D eigenvalue weighted by atomic mass is 10.1. The van der Waals surface area contributed by atoms with Crippen molar-refractivity contribution in [2.24, 2.45) is 5.84 Å². The van der Waals surface area contributed by atoms with Crippen molar-refractivity contribution in [3.63, 3.8) is 0 Å². The van der Waals surface area contributed by atoms with Crippen molar-refractivity contribution in [1.29, 1.82) is 0 Å². The second-order valence-corrected chi connectivity index (χ2v) is 2.43. The van der Waals surface area contributed by atoms with Crippen LogP contribution in [-0.4, -0.2) is 10.9 Å². The average molecular weight is 165 g/mol. The predicted molar refractivity (Wildman–Crippen MR) is 44.9 cm³/mol. The molecule has 4 heteroatoms. The first-order valence-corrected chi connectivity index (χ1v) is 3.71. The standard InChI is InChI=1S/C8H11N3O/c9-11-8(12)4-3-7-2-1-5-10-6-7/h1-2,5-6H,3-4,9H2,(H,11,12). The minimum absolute atomic E-state index is 0.154. The second kappa shape index (κ2) is 4.46. The van der Waals surface area contributed by atoms with Crippen molar-refractivity contribution in [3.8, 4) is 0 Å². The molecule has 1 aromatic rings. The fourth-order valence-electron chi connectivity index (χ4n) is 0.876. The highest BCUT2D eigenvalue weighted by molar-refractivity contribution is 5.75. The Kier molecular flexibility index (Phi) is 3.22. The van der Waals surface area contributed by atoms with Crippen molar-refractivity contribution in [3.05, 3.63) is 30.1 Å². The SMILES string of the molecule is NNC(=O)CCc1cccnc1. The van der Waals surface area contributed by atoms with Gasteiger partial charge in [-0.2, -0.15) is 0 Å². The Morgan fingerprint density at radius 2 is 2.50 bits per heavy atom. The van der Waals surface area contributed by atoms with Gasteiger partial charge in [0.1, 0.15) is 0 Å². The minimum Gasteiger partial charge on any atom is -0.294 e. The molecule has 0 aliphatic rings. The molecule has 0 unspecified atom stereocenters. The van der Waals surface area contributed by atoms with Gasteiger partial charge in [0.05, 0.1) is 0 Å². The van der Waals surface area contributed by atoms with Gasteiger partial charge in [0, 0.05) is 18.8 Å². The molecule has 4 nitrogen and oxygen atoms in total. The molecule has 0 bridgehead atoms. The first-order valence-electron chi connectivity index (χ1n) is 3.71. The molecule has 0 saturated carbocycles. The third-order valence-electron chi connectivity index (χ3n) is 1.52. The van der Waals surface area contributed by atoms with E-state index in [-0.39, 0.29) is 5.91 Å². The molecule has 0 spiro atoms. The van der Waals surface area contributed by atoms with E-state index in [1.807, 2.05) is 12.1 Å². The Morgan fingerprint density at radius 3 is 3.08 bits per heavy atom. The molecule has 12 heavy (non-hydrogen) atoms. The summed E-state index contributed by atoms with van der Waals surface area (Å²) in [6.45, 7) is 0. The second-order valence-electron chi connectivity index (χ2n) is 2.43. The van der Waals surface area contributed by atoms with Crippen LogP contribution in [0.5, 0.6) is 0 Å². The topological polar surface area (TPSA) is 68.0 Å². The summed E-state index contributed by atoms with van der Waals surface area (Å²) in [6.07, 6.45) is 4.52. The van der Waals surface area contributed by atoms with Gasteiger partial charge in [-0.05, 0) is 18.1 Å². The van der Waals surface area contributed by atoms with Gasteiger partial charge in [-0.25, -0.2) is 5.84 Å². The largest absolute Gasteiger partial charge is 0.294 e. The van der Waals surface area contributed by atoms with Crippen molar-refractivity contribution in [1.82, 2.24) is 10.4 Å². The van der Waals surface area contributed by atoms with E-state index in [1.165, 1.54) is 0 Å². The van der Waals surface area contributed by atoms with Gasteiger partial charge >= 0.3 is 0 Å². The average Bonchev–Trinajstić information content (AvgIpc) is 2.16. The maximum atomic E-state index is 10.7. The zero-order valence-corrected chi connectivity index (χ0v) is 6.66. The monoisotopic (exact) mass is 165 g/mol. The summed E-state index contributed by atoms with van der Waals surface area (Å²) >= 11 is 0. The first-order chi connectivity index (χ1) is 5.83. The van der Waals surface area contributed by atoms with Crippen LogP contribution < -0.4 is 11.3 Å². The Morgan fingerprint density at radius 1 is 1.67 bits per heavy atom. The lowest BCUT2D eigenvalue weighted by molar-refractivity contribution is -0.121. The van der Waals surface area contributed by atoms with E-state index in [4.69, 9.17) is 5.84 Å². The van der Waals surface area contributed by atoms with Crippen LogP contribution >= 0.6 is 0 Å². The fourth-order valence-corrected chi connectivity index (χ4v) is 0.876. The Labute approximate surface area is 70.8 Å². The number of nitrogens with one attached hydrogen (secondary N) is 1. The number of carbonyl (C=O) groups excluding carboxylic acids is 1. The van der Waals surface area contributed by atoms with Gasteiger partial charge in [0.25, 0.3) is 0 Å². The van der Waals surface area contributed by atoms with E-state index in [0.29, 0.717) is 12.8 Å². The number of hydrazine groups is 1. The number of rotatable bonds is 3. The van der Waals surface area contributed by atoms with Gasteiger partial charge in [0.15, 0.2) is 0 Å². The fraction of sp³-hybridized carbons (Fsp3) is 0.250. The summed E-state index contributed by atoms with van der Waals surface area (Å²) in [5, 5.41) is 0. The Bertz CT molecular complexity index is 248. The lowest BCUT2D eigenvalue weighted by Crippen LogP contribution is -2.30. The summed E-state index contributed by atoms with van der Waals surface area (Å²) in [5.74, 6) is 4.77. The van der Waals surface area contributed by atoms with Gasteiger partial charge in [-0.3, -0.25) is 15.2 Å². The Hall–Kier alpha value is -1.42. The Balaban J connectivity index is 2.38. The van der Waals surface area contributed by atoms with Crippen molar-refractivity contribution in [2.75, 3.05) is 0 Å². The zero-order chi connectivity index (χ0) is 8.81. The third-order valence-corrected chi connectivity index (χ3v) is 1.52. The van der Waals surface area contributed by atoms with Gasteiger partial charge < -0.3 is 0 Å². The minimum atomic E-state index is -0.154. The molecule has 3 N–H and O–H groups in total. The quantitative estimate of drug-likeness (QED) is 0.376.